The van der Waals surface area contributed by atoms with Crippen LogP contribution in [-0.2, 0) is 4.79 Å². The highest BCUT2D eigenvalue weighted by Gasteiger charge is 1.99. The second-order valence-corrected chi connectivity index (χ2v) is 4.49. The number of carbonyl (C=O) groups is 1. The van der Waals surface area contributed by atoms with Crippen molar-refractivity contribution in [2.75, 3.05) is 6.54 Å². The lowest BCUT2D eigenvalue weighted by Gasteiger charge is -2.00. The minimum atomic E-state index is -0.107. The number of halogens is 2. The highest BCUT2D eigenvalue weighted by molar-refractivity contribution is 6.35. The maximum absolute atomic E-state index is 11.4. The summed E-state index contributed by atoms with van der Waals surface area (Å²) < 4.78 is 0. The van der Waals surface area contributed by atoms with Crippen LogP contribution in [0, 0.1) is 0 Å². The average molecular weight is 272 g/mol. The molecule has 0 atom stereocenters. The van der Waals surface area contributed by atoms with E-state index in [-0.39, 0.29) is 5.91 Å². The summed E-state index contributed by atoms with van der Waals surface area (Å²) in [4.78, 5) is 11.4. The molecule has 0 aliphatic rings. The summed E-state index contributed by atoms with van der Waals surface area (Å²) in [6.45, 7) is 2.78. The smallest absolute Gasteiger partial charge is 0.243 e. The summed E-state index contributed by atoms with van der Waals surface area (Å²) in [6, 6.07) is 5.17. The molecule has 0 radical (unpaired) electrons. The van der Waals surface area contributed by atoms with Gasteiger partial charge in [-0.05, 0) is 30.2 Å². The molecule has 1 amide bonds. The molecule has 0 saturated carbocycles. The Hall–Kier alpha value is -0.990. The Morgan fingerprint density at radius 1 is 1.41 bits per heavy atom. The Morgan fingerprint density at radius 3 is 2.82 bits per heavy atom. The summed E-state index contributed by atoms with van der Waals surface area (Å²) in [6.07, 6.45) is 5.21. The first kappa shape index (κ1) is 14.1. The van der Waals surface area contributed by atoms with Gasteiger partial charge in [0.1, 0.15) is 0 Å². The number of carbonyl (C=O) groups excluding carboxylic acids is 1. The fraction of sp³-hybridized carbons (Fsp3) is 0.308. The van der Waals surface area contributed by atoms with Gasteiger partial charge in [-0.2, -0.15) is 0 Å². The van der Waals surface area contributed by atoms with E-state index < -0.39 is 0 Å². The molecule has 1 aromatic rings. The van der Waals surface area contributed by atoms with Crippen molar-refractivity contribution in [3.05, 3.63) is 39.9 Å². The molecule has 0 unspecified atom stereocenters. The average Bonchev–Trinajstić information content (AvgIpc) is 2.28. The van der Waals surface area contributed by atoms with Crippen LogP contribution in [0.4, 0.5) is 0 Å². The van der Waals surface area contributed by atoms with E-state index in [1.165, 1.54) is 6.08 Å². The summed E-state index contributed by atoms with van der Waals surface area (Å²) >= 11 is 11.7. The first-order chi connectivity index (χ1) is 8.13. The summed E-state index contributed by atoms with van der Waals surface area (Å²) in [5.74, 6) is -0.107. The van der Waals surface area contributed by atoms with Crippen molar-refractivity contribution in [3.63, 3.8) is 0 Å². The van der Waals surface area contributed by atoms with Gasteiger partial charge in [0.15, 0.2) is 0 Å². The molecule has 1 aromatic carbocycles. The largest absolute Gasteiger partial charge is 0.353 e. The third kappa shape index (κ3) is 5.24. The highest BCUT2D eigenvalue weighted by Crippen LogP contribution is 2.21. The van der Waals surface area contributed by atoms with Gasteiger partial charge >= 0.3 is 0 Å². The fourth-order valence-electron chi connectivity index (χ4n) is 1.25. The first-order valence-electron chi connectivity index (χ1n) is 5.54. The molecule has 0 heterocycles. The lowest BCUT2D eigenvalue weighted by molar-refractivity contribution is -0.116. The second-order valence-electron chi connectivity index (χ2n) is 3.64. The second kappa shape index (κ2) is 7.36. The van der Waals surface area contributed by atoms with Crippen molar-refractivity contribution in [2.24, 2.45) is 0 Å². The number of rotatable bonds is 5. The van der Waals surface area contributed by atoms with Gasteiger partial charge in [0.2, 0.25) is 5.91 Å². The van der Waals surface area contributed by atoms with Crippen molar-refractivity contribution in [2.45, 2.75) is 19.8 Å². The lowest BCUT2D eigenvalue weighted by atomic mass is 10.2. The number of amides is 1. The minimum Gasteiger partial charge on any atom is -0.353 e. The number of benzene rings is 1. The molecule has 0 aliphatic heterocycles. The van der Waals surface area contributed by atoms with Crippen LogP contribution >= 0.6 is 23.2 Å². The molecule has 2 nitrogen and oxygen atoms in total. The highest BCUT2D eigenvalue weighted by atomic mass is 35.5. The third-order valence-corrected chi connectivity index (χ3v) is 2.77. The zero-order chi connectivity index (χ0) is 12.7. The first-order valence-corrected chi connectivity index (χ1v) is 6.30. The Balaban J connectivity index is 2.55. The Bertz CT molecular complexity index is 416. The van der Waals surface area contributed by atoms with Crippen LogP contribution in [-0.4, -0.2) is 12.5 Å². The van der Waals surface area contributed by atoms with Crippen LogP contribution in [0.2, 0.25) is 10.0 Å². The lowest BCUT2D eigenvalue weighted by Crippen LogP contribution is -2.21. The van der Waals surface area contributed by atoms with Gasteiger partial charge in [-0.15, -0.1) is 0 Å². The molecule has 4 heteroatoms. The van der Waals surface area contributed by atoms with Crippen LogP contribution in [0.1, 0.15) is 25.3 Å². The van der Waals surface area contributed by atoms with Crippen LogP contribution in [0.3, 0.4) is 0 Å². The molecule has 1 N–H and O–H groups in total. The topological polar surface area (TPSA) is 29.1 Å². The van der Waals surface area contributed by atoms with E-state index in [2.05, 4.69) is 12.2 Å². The van der Waals surface area contributed by atoms with Gasteiger partial charge in [-0.3, -0.25) is 4.79 Å². The molecule has 0 saturated heterocycles. The van der Waals surface area contributed by atoms with Crippen LogP contribution in [0.25, 0.3) is 6.08 Å². The molecule has 17 heavy (non-hydrogen) atoms. The maximum atomic E-state index is 11.4. The molecule has 0 spiro atoms. The molecular weight excluding hydrogens is 257 g/mol. The van der Waals surface area contributed by atoms with Gasteiger partial charge < -0.3 is 5.32 Å². The number of nitrogens with one attached hydrogen (secondary N) is 1. The van der Waals surface area contributed by atoms with Gasteiger partial charge in [-0.25, -0.2) is 0 Å². The predicted molar refractivity (Wildman–Crippen MR) is 73.4 cm³/mol. The molecule has 0 fully saturated rings. The predicted octanol–water partition coefficient (Wildman–Crippen LogP) is 3.92. The van der Waals surface area contributed by atoms with E-state index in [9.17, 15) is 4.79 Å². The van der Waals surface area contributed by atoms with Crippen molar-refractivity contribution in [1.29, 1.82) is 0 Å². The van der Waals surface area contributed by atoms with Crippen molar-refractivity contribution >= 4 is 35.2 Å². The van der Waals surface area contributed by atoms with Crippen molar-refractivity contribution < 1.29 is 4.79 Å². The number of unbranched alkanes of at least 4 members (excludes halogenated alkanes) is 1. The Labute approximate surface area is 112 Å². The normalized spacial score (nSPS) is 10.8. The van der Waals surface area contributed by atoms with Gasteiger partial charge in [0.25, 0.3) is 0 Å². The van der Waals surface area contributed by atoms with Gasteiger partial charge in [0, 0.05) is 22.7 Å². The number of hydrogen-bond donors (Lipinski definition) is 1. The van der Waals surface area contributed by atoms with E-state index >= 15 is 0 Å². The molecule has 92 valence electrons. The summed E-state index contributed by atoms with van der Waals surface area (Å²) in [7, 11) is 0. The van der Waals surface area contributed by atoms with E-state index in [4.69, 9.17) is 23.2 Å². The maximum Gasteiger partial charge on any atom is 0.243 e. The molecular formula is C13H15Cl2NO. The van der Waals surface area contributed by atoms with Gasteiger partial charge in [-0.1, -0.05) is 42.6 Å². The van der Waals surface area contributed by atoms with Crippen molar-refractivity contribution in [3.8, 4) is 0 Å². The van der Waals surface area contributed by atoms with Gasteiger partial charge in [0.05, 0.1) is 0 Å². The molecule has 0 aromatic heterocycles. The minimum absolute atomic E-state index is 0.107. The molecule has 0 bridgehead atoms. The van der Waals surface area contributed by atoms with Crippen molar-refractivity contribution in [1.82, 2.24) is 5.32 Å². The van der Waals surface area contributed by atoms with Crippen LogP contribution in [0.5, 0.6) is 0 Å². The number of hydrogen-bond acceptors (Lipinski definition) is 1. The zero-order valence-corrected chi connectivity index (χ0v) is 11.2. The fourth-order valence-corrected chi connectivity index (χ4v) is 1.72. The summed E-state index contributed by atoms with van der Waals surface area (Å²) in [5.41, 5.74) is 0.779. The Morgan fingerprint density at radius 2 is 2.18 bits per heavy atom. The van der Waals surface area contributed by atoms with E-state index in [0.29, 0.717) is 16.6 Å². The van der Waals surface area contributed by atoms with Crippen LogP contribution < -0.4 is 5.32 Å². The third-order valence-electron chi connectivity index (χ3n) is 2.21. The van der Waals surface area contributed by atoms with E-state index in [1.807, 2.05) is 0 Å². The SMILES string of the molecule is CCCCNC(=O)/C=C/c1ccc(Cl)cc1Cl. The van der Waals surface area contributed by atoms with Crippen LogP contribution in [0.15, 0.2) is 24.3 Å². The van der Waals surface area contributed by atoms with E-state index in [1.54, 1.807) is 24.3 Å². The Kier molecular flexibility index (Phi) is 6.09. The molecule has 1 rings (SSSR count). The monoisotopic (exact) mass is 271 g/mol. The molecule has 0 aliphatic carbocycles. The summed E-state index contributed by atoms with van der Waals surface area (Å²) in [5, 5.41) is 3.91. The quantitative estimate of drug-likeness (QED) is 0.638. The zero-order valence-electron chi connectivity index (χ0n) is 9.67. The van der Waals surface area contributed by atoms with E-state index in [0.717, 1.165) is 18.4 Å². The standard InChI is InChI=1S/C13H15Cl2NO/c1-2-3-8-16-13(17)7-5-10-4-6-11(14)9-12(10)15/h4-7,9H,2-3,8H2,1H3,(H,16,17)/b7-5+.